The van der Waals surface area contributed by atoms with E-state index in [1.807, 2.05) is 60.7 Å². The molecule has 3 rings (SSSR count). The van der Waals surface area contributed by atoms with Gasteiger partial charge in [-0.3, -0.25) is 4.79 Å². The molecule has 0 aliphatic carbocycles. The minimum Gasteiger partial charge on any atom is -0.460 e. The van der Waals surface area contributed by atoms with Crippen LogP contribution in [0.15, 0.2) is 72.8 Å². The molecule has 0 saturated carbocycles. The fourth-order valence-corrected chi connectivity index (χ4v) is 3.89. The molecule has 38 heavy (non-hydrogen) atoms. The summed E-state index contributed by atoms with van der Waals surface area (Å²) in [6, 6.07) is 19.3. The lowest BCUT2D eigenvalue weighted by Crippen LogP contribution is -2.62. The van der Waals surface area contributed by atoms with Gasteiger partial charge in [0.25, 0.3) is 0 Å². The normalized spacial score (nSPS) is 23.8. The highest BCUT2D eigenvalue weighted by Gasteiger charge is 2.51. The van der Waals surface area contributed by atoms with Gasteiger partial charge in [0.15, 0.2) is 12.4 Å². The van der Waals surface area contributed by atoms with Crippen LogP contribution in [0, 0.1) is 5.41 Å². The second-order valence-electron chi connectivity index (χ2n) is 10.1. The molecule has 8 nitrogen and oxygen atoms in total. The minimum atomic E-state index is -0.934. The summed E-state index contributed by atoms with van der Waals surface area (Å²) < 4.78 is 35.9. The Labute approximate surface area is 224 Å². The number of methoxy groups -OCH3 is 1. The molecular weight excluding hydrogens is 488 g/mol. The maximum absolute atomic E-state index is 13.1. The number of rotatable bonds is 11. The van der Waals surface area contributed by atoms with Gasteiger partial charge in [0.1, 0.15) is 24.9 Å². The summed E-state index contributed by atoms with van der Waals surface area (Å²) in [5, 5.41) is 0. The first-order valence-electron chi connectivity index (χ1n) is 12.7. The van der Waals surface area contributed by atoms with E-state index in [0.29, 0.717) is 0 Å². The van der Waals surface area contributed by atoms with E-state index in [1.165, 1.54) is 13.2 Å². The number of benzene rings is 2. The molecule has 0 spiro atoms. The van der Waals surface area contributed by atoms with E-state index < -0.39 is 48.1 Å². The largest absolute Gasteiger partial charge is 0.460 e. The Kier molecular flexibility index (Phi) is 11.0. The van der Waals surface area contributed by atoms with Crippen molar-refractivity contribution >= 4 is 11.9 Å². The standard InChI is InChI=1S/C30H38O8/c1-6-13-24(31)34-20-23-25(38-29(32)30(2,3)4)26(35-18-21-14-9-7-10-15-21)27(28(33-5)37-23)36-19-22-16-11-8-12-17-22/h6-17,23,25-28H,18-20H2,1-5H3/b13-6+/t23-,25-,26+,27-,28+/m1/s1. The molecule has 1 heterocycles. The van der Waals surface area contributed by atoms with Crippen LogP contribution < -0.4 is 0 Å². The van der Waals surface area contributed by atoms with Crippen LogP contribution >= 0.6 is 0 Å². The molecule has 2 aromatic carbocycles. The fourth-order valence-electron chi connectivity index (χ4n) is 3.89. The van der Waals surface area contributed by atoms with Crippen LogP contribution in [0.2, 0.25) is 0 Å². The third-order valence-electron chi connectivity index (χ3n) is 5.94. The number of carbonyl (C=O) groups is 2. The lowest BCUT2D eigenvalue weighted by atomic mass is 9.95. The summed E-state index contributed by atoms with van der Waals surface area (Å²) in [4.78, 5) is 25.1. The molecule has 5 atom stereocenters. The van der Waals surface area contributed by atoms with Gasteiger partial charge in [-0.1, -0.05) is 66.7 Å². The second-order valence-corrected chi connectivity index (χ2v) is 10.1. The van der Waals surface area contributed by atoms with Crippen molar-refractivity contribution in [2.45, 2.75) is 71.6 Å². The highest BCUT2D eigenvalue weighted by molar-refractivity contribution is 5.81. The molecule has 1 aliphatic rings. The summed E-state index contributed by atoms with van der Waals surface area (Å²) in [6.45, 7) is 7.35. The van der Waals surface area contributed by atoms with E-state index in [0.717, 1.165) is 11.1 Å². The Morgan fingerprint density at radius 2 is 1.42 bits per heavy atom. The Morgan fingerprint density at radius 1 is 0.868 bits per heavy atom. The predicted molar refractivity (Wildman–Crippen MR) is 141 cm³/mol. The van der Waals surface area contributed by atoms with Crippen molar-refractivity contribution in [1.82, 2.24) is 0 Å². The molecule has 1 aliphatic heterocycles. The quantitative estimate of drug-likeness (QED) is 0.310. The first-order chi connectivity index (χ1) is 18.2. The molecule has 1 saturated heterocycles. The summed E-state index contributed by atoms with van der Waals surface area (Å²) in [5.41, 5.74) is 1.11. The average molecular weight is 527 g/mol. The minimum absolute atomic E-state index is 0.165. The highest BCUT2D eigenvalue weighted by Crippen LogP contribution is 2.32. The monoisotopic (exact) mass is 526 g/mol. The summed E-state index contributed by atoms with van der Waals surface area (Å²) in [6.07, 6.45) is -1.29. The fraction of sp³-hybridized carbons (Fsp3) is 0.467. The number of esters is 2. The van der Waals surface area contributed by atoms with E-state index in [1.54, 1.807) is 33.8 Å². The van der Waals surface area contributed by atoms with Crippen molar-refractivity contribution in [2.75, 3.05) is 13.7 Å². The Balaban J connectivity index is 1.93. The van der Waals surface area contributed by atoms with Crippen LogP contribution in [0.1, 0.15) is 38.8 Å². The maximum Gasteiger partial charge on any atom is 0.330 e. The van der Waals surface area contributed by atoms with Gasteiger partial charge in [-0.25, -0.2) is 4.79 Å². The number of hydrogen-bond acceptors (Lipinski definition) is 8. The zero-order valence-corrected chi connectivity index (χ0v) is 22.7. The van der Waals surface area contributed by atoms with Crippen LogP contribution in [0.4, 0.5) is 0 Å². The first kappa shape index (κ1) is 29.5. The molecule has 8 heteroatoms. The number of ether oxygens (including phenoxy) is 6. The van der Waals surface area contributed by atoms with E-state index >= 15 is 0 Å². The SMILES string of the molecule is C/C=C/C(=O)OC[C@H]1O[C@H](OC)[C@H](OCc2ccccc2)[C@@H](OCc2ccccc2)[C@@H]1OC(=O)C(C)(C)C. The van der Waals surface area contributed by atoms with E-state index in [4.69, 9.17) is 28.4 Å². The average Bonchev–Trinajstić information content (AvgIpc) is 2.91. The topological polar surface area (TPSA) is 89.5 Å². The van der Waals surface area contributed by atoms with Crippen molar-refractivity contribution in [1.29, 1.82) is 0 Å². The molecular formula is C30H38O8. The van der Waals surface area contributed by atoms with Gasteiger partial charge >= 0.3 is 11.9 Å². The van der Waals surface area contributed by atoms with Crippen LogP contribution in [0.3, 0.4) is 0 Å². The number of carbonyl (C=O) groups excluding carboxylic acids is 2. The third-order valence-corrected chi connectivity index (χ3v) is 5.94. The predicted octanol–water partition coefficient (Wildman–Crippen LogP) is 4.61. The molecule has 0 unspecified atom stereocenters. The van der Waals surface area contributed by atoms with Gasteiger partial charge in [0.05, 0.1) is 18.6 Å². The van der Waals surface area contributed by atoms with Crippen molar-refractivity contribution in [3.63, 3.8) is 0 Å². The number of hydrogen-bond donors (Lipinski definition) is 0. The van der Waals surface area contributed by atoms with Gasteiger partial charge in [0, 0.05) is 13.2 Å². The van der Waals surface area contributed by atoms with Gasteiger partial charge in [0.2, 0.25) is 0 Å². The zero-order chi connectivity index (χ0) is 27.5. The van der Waals surface area contributed by atoms with Crippen molar-refractivity contribution < 1.29 is 38.0 Å². The molecule has 1 fully saturated rings. The molecule has 0 aromatic heterocycles. The summed E-state index contributed by atoms with van der Waals surface area (Å²) in [5.74, 6) is -0.975. The van der Waals surface area contributed by atoms with Gasteiger partial charge in [-0.05, 0) is 38.8 Å². The van der Waals surface area contributed by atoms with Gasteiger partial charge in [-0.2, -0.15) is 0 Å². The molecule has 0 amide bonds. The van der Waals surface area contributed by atoms with E-state index in [9.17, 15) is 9.59 Å². The highest BCUT2D eigenvalue weighted by atomic mass is 16.7. The maximum atomic E-state index is 13.1. The lowest BCUT2D eigenvalue weighted by Gasteiger charge is -2.45. The summed E-state index contributed by atoms with van der Waals surface area (Å²) in [7, 11) is 1.50. The van der Waals surface area contributed by atoms with Crippen molar-refractivity contribution in [3.05, 3.63) is 83.9 Å². The zero-order valence-electron chi connectivity index (χ0n) is 22.7. The molecule has 0 bridgehead atoms. The molecule has 2 aromatic rings. The lowest BCUT2D eigenvalue weighted by molar-refractivity contribution is -0.317. The Bertz CT molecular complexity index is 1030. The number of allylic oxidation sites excluding steroid dienone is 1. The third kappa shape index (κ3) is 8.49. The molecule has 206 valence electrons. The second kappa shape index (κ2) is 14.2. The van der Waals surface area contributed by atoms with E-state index in [2.05, 4.69) is 0 Å². The van der Waals surface area contributed by atoms with Gasteiger partial charge in [-0.15, -0.1) is 0 Å². The first-order valence-corrected chi connectivity index (χ1v) is 12.7. The van der Waals surface area contributed by atoms with Crippen molar-refractivity contribution in [2.24, 2.45) is 5.41 Å². The van der Waals surface area contributed by atoms with Crippen LogP contribution in [-0.2, 0) is 51.2 Å². The van der Waals surface area contributed by atoms with Gasteiger partial charge < -0.3 is 28.4 Å². The molecule has 0 N–H and O–H groups in total. The van der Waals surface area contributed by atoms with Crippen LogP contribution in [-0.4, -0.2) is 56.4 Å². The van der Waals surface area contributed by atoms with Crippen molar-refractivity contribution in [3.8, 4) is 0 Å². The molecule has 0 radical (unpaired) electrons. The van der Waals surface area contributed by atoms with Crippen LogP contribution in [0.5, 0.6) is 0 Å². The van der Waals surface area contributed by atoms with E-state index in [-0.39, 0.29) is 19.8 Å². The summed E-state index contributed by atoms with van der Waals surface area (Å²) >= 11 is 0. The Morgan fingerprint density at radius 3 is 1.92 bits per heavy atom. The Hall–Kier alpha value is -3.04. The van der Waals surface area contributed by atoms with Crippen LogP contribution in [0.25, 0.3) is 0 Å². The smallest absolute Gasteiger partial charge is 0.330 e.